The van der Waals surface area contributed by atoms with Gasteiger partial charge in [0.25, 0.3) is 0 Å². The predicted octanol–water partition coefficient (Wildman–Crippen LogP) is 3.05. The van der Waals surface area contributed by atoms with Gasteiger partial charge in [0.1, 0.15) is 0 Å². The average molecular weight is 169 g/mol. The molecule has 0 aromatic heterocycles. The summed E-state index contributed by atoms with van der Waals surface area (Å²) in [7, 11) is 0. The van der Waals surface area contributed by atoms with E-state index in [1.807, 2.05) is 0 Å². The van der Waals surface area contributed by atoms with Gasteiger partial charge in [-0.05, 0) is 46.6 Å². The summed E-state index contributed by atoms with van der Waals surface area (Å²) in [6, 6.07) is 0.870. The van der Waals surface area contributed by atoms with Gasteiger partial charge in [0, 0.05) is 11.6 Å². The van der Waals surface area contributed by atoms with Crippen molar-refractivity contribution in [2.24, 2.45) is 0 Å². The lowest BCUT2D eigenvalue weighted by Gasteiger charge is -2.37. The second-order valence-corrected chi connectivity index (χ2v) is 4.95. The molecule has 1 aliphatic heterocycles. The topological polar surface area (TPSA) is 3.24 Å². The van der Waals surface area contributed by atoms with Gasteiger partial charge in [-0.15, -0.1) is 0 Å². The summed E-state index contributed by atoms with van der Waals surface area (Å²) in [5.41, 5.74) is 0.385. The Balaban J connectivity index is 2.52. The fourth-order valence-electron chi connectivity index (χ4n) is 2.35. The van der Waals surface area contributed by atoms with Crippen molar-refractivity contribution in [1.29, 1.82) is 0 Å². The van der Waals surface area contributed by atoms with Gasteiger partial charge in [0.15, 0.2) is 0 Å². The lowest BCUT2D eigenvalue weighted by atomic mass is 10.0. The summed E-state index contributed by atoms with van der Waals surface area (Å²) < 4.78 is 0. The number of hydrogen-bond acceptors (Lipinski definition) is 1. The SMILES string of the molecule is CCC[C@@H]1CCCN1C(C)(C)C. The van der Waals surface area contributed by atoms with E-state index in [4.69, 9.17) is 0 Å². The predicted molar refractivity (Wildman–Crippen MR) is 54.4 cm³/mol. The second kappa shape index (κ2) is 3.78. The normalized spacial score (nSPS) is 26.5. The molecule has 0 bridgehead atoms. The van der Waals surface area contributed by atoms with Crippen LogP contribution in [0.5, 0.6) is 0 Å². The summed E-state index contributed by atoms with van der Waals surface area (Å²) in [5.74, 6) is 0. The molecular formula is C11H23N. The van der Waals surface area contributed by atoms with Crippen molar-refractivity contribution in [1.82, 2.24) is 4.90 Å². The monoisotopic (exact) mass is 169 g/mol. The molecule has 1 atom stereocenters. The van der Waals surface area contributed by atoms with Gasteiger partial charge in [-0.3, -0.25) is 4.90 Å². The van der Waals surface area contributed by atoms with Crippen LogP contribution in [0.3, 0.4) is 0 Å². The van der Waals surface area contributed by atoms with E-state index in [0.717, 1.165) is 6.04 Å². The van der Waals surface area contributed by atoms with E-state index in [2.05, 4.69) is 32.6 Å². The first-order chi connectivity index (χ1) is 5.55. The van der Waals surface area contributed by atoms with Gasteiger partial charge in [-0.2, -0.15) is 0 Å². The van der Waals surface area contributed by atoms with Crippen LogP contribution in [-0.4, -0.2) is 23.0 Å². The minimum atomic E-state index is 0.385. The van der Waals surface area contributed by atoms with E-state index >= 15 is 0 Å². The Bertz CT molecular complexity index is 134. The van der Waals surface area contributed by atoms with Crippen LogP contribution >= 0.6 is 0 Å². The highest BCUT2D eigenvalue weighted by atomic mass is 15.2. The summed E-state index contributed by atoms with van der Waals surface area (Å²) in [5, 5.41) is 0. The fourth-order valence-corrected chi connectivity index (χ4v) is 2.35. The molecule has 72 valence electrons. The average Bonchev–Trinajstić information content (AvgIpc) is 2.34. The van der Waals surface area contributed by atoms with Gasteiger partial charge in [0.2, 0.25) is 0 Å². The number of hydrogen-bond donors (Lipinski definition) is 0. The highest BCUT2D eigenvalue weighted by Crippen LogP contribution is 2.28. The Labute approximate surface area is 77.1 Å². The van der Waals surface area contributed by atoms with E-state index in [1.165, 1.54) is 32.2 Å². The van der Waals surface area contributed by atoms with E-state index in [9.17, 15) is 0 Å². The van der Waals surface area contributed by atoms with Crippen LogP contribution in [0.4, 0.5) is 0 Å². The lowest BCUT2D eigenvalue weighted by molar-refractivity contribution is 0.116. The lowest BCUT2D eigenvalue weighted by Crippen LogP contribution is -2.44. The van der Waals surface area contributed by atoms with Gasteiger partial charge in [-0.25, -0.2) is 0 Å². The van der Waals surface area contributed by atoms with E-state index in [0.29, 0.717) is 5.54 Å². The molecule has 0 amide bonds. The molecule has 0 aromatic carbocycles. The molecule has 1 heterocycles. The maximum absolute atomic E-state index is 2.68. The van der Waals surface area contributed by atoms with Crippen LogP contribution in [0.15, 0.2) is 0 Å². The van der Waals surface area contributed by atoms with Gasteiger partial charge < -0.3 is 0 Å². The highest BCUT2D eigenvalue weighted by Gasteiger charge is 2.31. The Morgan fingerprint density at radius 3 is 2.50 bits per heavy atom. The van der Waals surface area contributed by atoms with Crippen molar-refractivity contribution in [3.05, 3.63) is 0 Å². The quantitative estimate of drug-likeness (QED) is 0.614. The molecule has 1 aliphatic rings. The zero-order valence-electron chi connectivity index (χ0n) is 9.06. The van der Waals surface area contributed by atoms with Crippen molar-refractivity contribution in [3.8, 4) is 0 Å². The third kappa shape index (κ3) is 2.22. The van der Waals surface area contributed by atoms with Gasteiger partial charge >= 0.3 is 0 Å². The molecule has 0 radical (unpaired) electrons. The standard InChI is InChI=1S/C11H23N/c1-5-7-10-8-6-9-12(10)11(2,3)4/h10H,5-9H2,1-4H3/t10-/m1/s1. The smallest absolute Gasteiger partial charge is 0.0127 e. The Morgan fingerprint density at radius 1 is 1.33 bits per heavy atom. The van der Waals surface area contributed by atoms with Crippen LogP contribution in [0.25, 0.3) is 0 Å². The Hall–Kier alpha value is -0.0400. The van der Waals surface area contributed by atoms with Crippen molar-refractivity contribution >= 4 is 0 Å². The fraction of sp³-hybridized carbons (Fsp3) is 1.00. The Morgan fingerprint density at radius 2 is 2.00 bits per heavy atom. The van der Waals surface area contributed by atoms with Crippen LogP contribution in [-0.2, 0) is 0 Å². The van der Waals surface area contributed by atoms with Crippen molar-refractivity contribution in [3.63, 3.8) is 0 Å². The first kappa shape index (κ1) is 10.0. The third-order valence-electron chi connectivity index (χ3n) is 2.86. The minimum Gasteiger partial charge on any atom is -0.296 e. The first-order valence-corrected chi connectivity index (χ1v) is 5.32. The summed E-state index contributed by atoms with van der Waals surface area (Å²) in [6.07, 6.45) is 5.54. The van der Waals surface area contributed by atoms with E-state index in [-0.39, 0.29) is 0 Å². The van der Waals surface area contributed by atoms with Crippen molar-refractivity contribution in [2.75, 3.05) is 6.54 Å². The summed E-state index contributed by atoms with van der Waals surface area (Å²) >= 11 is 0. The number of nitrogens with zero attached hydrogens (tertiary/aromatic N) is 1. The van der Waals surface area contributed by atoms with Crippen LogP contribution in [0, 0.1) is 0 Å². The van der Waals surface area contributed by atoms with Gasteiger partial charge in [0.05, 0.1) is 0 Å². The molecule has 0 aliphatic carbocycles. The third-order valence-corrected chi connectivity index (χ3v) is 2.86. The molecule has 12 heavy (non-hydrogen) atoms. The molecule has 1 rings (SSSR count). The zero-order valence-corrected chi connectivity index (χ0v) is 9.06. The van der Waals surface area contributed by atoms with Gasteiger partial charge in [-0.1, -0.05) is 13.3 Å². The Kier molecular flexibility index (Phi) is 3.16. The molecule has 0 saturated carbocycles. The van der Waals surface area contributed by atoms with E-state index in [1.54, 1.807) is 0 Å². The molecular weight excluding hydrogens is 146 g/mol. The molecule has 1 fully saturated rings. The van der Waals surface area contributed by atoms with Crippen LogP contribution in [0.2, 0.25) is 0 Å². The van der Waals surface area contributed by atoms with Crippen LogP contribution < -0.4 is 0 Å². The van der Waals surface area contributed by atoms with E-state index < -0.39 is 0 Å². The number of likely N-dealkylation sites (tertiary alicyclic amines) is 1. The zero-order chi connectivity index (χ0) is 9.19. The molecule has 0 spiro atoms. The first-order valence-electron chi connectivity index (χ1n) is 5.32. The molecule has 1 heteroatoms. The number of rotatable bonds is 2. The van der Waals surface area contributed by atoms with Crippen molar-refractivity contribution < 1.29 is 0 Å². The molecule has 0 aromatic rings. The molecule has 1 nitrogen and oxygen atoms in total. The molecule has 0 N–H and O–H groups in total. The second-order valence-electron chi connectivity index (χ2n) is 4.95. The largest absolute Gasteiger partial charge is 0.296 e. The maximum Gasteiger partial charge on any atom is 0.0127 e. The summed E-state index contributed by atoms with van der Waals surface area (Å²) in [6.45, 7) is 10.6. The summed E-state index contributed by atoms with van der Waals surface area (Å²) in [4.78, 5) is 2.68. The maximum atomic E-state index is 2.68. The molecule has 0 unspecified atom stereocenters. The molecule has 1 saturated heterocycles. The highest BCUT2D eigenvalue weighted by molar-refractivity contribution is 4.87. The van der Waals surface area contributed by atoms with Crippen LogP contribution in [0.1, 0.15) is 53.4 Å². The van der Waals surface area contributed by atoms with Crippen molar-refractivity contribution in [2.45, 2.75) is 65.0 Å². The minimum absolute atomic E-state index is 0.385.